The number of carboxylic acids is 1. The molecule has 7 nitrogen and oxygen atoms in total. The fourth-order valence-electron chi connectivity index (χ4n) is 3.90. The summed E-state index contributed by atoms with van der Waals surface area (Å²) in [6, 6.07) is 16.4. The first-order chi connectivity index (χ1) is 16.0. The minimum atomic E-state index is -0.857. The Balaban J connectivity index is 1.35. The number of hydrogen-bond acceptors (Lipinski definition) is 5. The van der Waals surface area contributed by atoms with Gasteiger partial charge in [0.1, 0.15) is 6.61 Å². The Hall–Kier alpha value is -3.00. The summed E-state index contributed by atoms with van der Waals surface area (Å²) in [6.45, 7) is 3.12. The van der Waals surface area contributed by atoms with Crippen LogP contribution in [-0.4, -0.2) is 54.3 Å². The van der Waals surface area contributed by atoms with Crippen molar-refractivity contribution in [1.29, 1.82) is 0 Å². The van der Waals surface area contributed by atoms with E-state index in [0.29, 0.717) is 31.7 Å². The van der Waals surface area contributed by atoms with Crippen molar-refractivity contribution < 1.29 is 24.2 Å². The number of ether oxygens (including phenoxy) is 1. The lowest BCUT2D eigenvalue weighted by Gasteiger charge is -2.16. The first-order valence-corrected chi connectivity index (χ1v) is 12.3. The van der Waals surface area contributed by atoms with Gasteiger partial charge in [0.05, 0.1) is 5.75 Å². The molecule has 1 aliphatic rings. The van der Waals surface area contributed by atoms with Crippen molar-refractivity contribution in [2.75, 3.05) is 31.2 Å². The van der Waals surface area contributed by atoms with Crippen LogP contribution in [0.4, 0.5) is 4.79 Å². The van der Waals surface area contributed by atoms with Crippen LogP contribution in [0.5, 0.6) is 0 Å². The lowest BCUT2D eigenvalue weighted by Crippen LogP contribution is -2.31. The maximum absolute atomic E-state index is 12.3. The molecule has 33 heavy (non-hydrogen) atoms. The molecule has 0 aromatic heterocycles. The molecule has 0 heterocycles. The molecule has 0 radical (unpaired) electrons. The van der Waals surface area contributed by atoms with Crippen LogP contribution >= 0.6 is 11.8 Å². The molecule has 176 valence electrons. The van der Waals surface area contributed by atoms with Gasteiger partial charge in [-0.1, -0.05) is 55.5 Å². The second-order valence-electron chi connectivity index (χ2n) is 8.15. The SMILES string of the molecule is CC(CCC(=O)NCCSCC(=O)O)CNC(=O)OCC1c2ccccc2-c2ccccc21. The molecule has 0 fully saturated rings. The summed E-state index contributed by atoms with van der Waals surface area (Å²) in [5.41, 5.74) is 4.73. The molecule has 3 N–H and O–H groups in total. The lowest BCUT2D eigenvalue weighted by molar-refractivity contribution is -0.133. The highest BCUT2D eigenvalue weighted by Gasteiger charge is 2.29. The van der Waals surface area contributed by atoms with E-state index in [4.69, 9.17) is 9.84 Å². The average Bonchev–Trinajstić information content (AvgIpc) is 3.13. The summed E-state index contributed by atoms with van der Waals surface area (Å²) in [7, 11) is 0. The number of alkyl carbamates (subject to hydrolysis) is 1. The molecule has 2 aromatic carbocycles. The van der Waals surface area contributed by atoms with E-state index in [1.54, 1.807) is 0 Å². The Morgan fingerprint density at radius 2 is 1.67 bits per heavy atom. The summed E-state index contributed by atoms with van der Waals surface area (Å²) in [5.74, 6) is -0.177. The number of carbonyl (C=O) groups is 3. The van der Waals surface area contributed by atoms with Gasteiger partial charge in [-0.3, -0.25) is 9.59 Å². The third-order valence-corrected chi connectivity index (χ3v) is 6.54. The van der Waals surface area contributed by atoms with Crippen LogP contribution in [0.25, 0.3) is 11.1 Å². The Kier molecular flexibility index (Phi) is 9.18. The smallest absolute Gasteiger partial charge is 0.407 e. The quantitative estimate of drug-likeness (QED) is 0.407. The summed E-state index contributed by atoms with van der Waals surface area (Å²) >= 11 is 1.27. The van der Waals surface area contributed by atoms with Crippen LogP contribution in [0.1, 0.15) is 36.8 Å². The maximum atomic E-state index is 12.3. The van der Waals surface area contributed by atoms with Crippen LogP contribution in [0.15, 0.2) is 48.5 Å². The molecular weight excluding hydrogens is 440 g/mol. The zero-order valence-corrected chi connectivity index (χ0v) is 19.5. The first kappa shape index (κ1) is 24.6. The molecular formula is C25H30N2O5S. The third-order valence-electron chi connectivity index (χ3n) is 5.60. The second kappa shape index (κ2) is 12.3. The molecule has 1 atom stereocenters. The molecule has 1 unspecified atom stereocenters. The molecule has 0 aliphatic heterocycles. The van der Waals surface area contributed by atoms with Crippen LogP contribution in [-0.2, 0) is 14.3 Å². The zero-order chi connectivity index (χ0) is 23.6. The highest BCUT2D eigenvalue weighted by atomic mass is 32.2. The lowest BCUT2D eigenvalue weighted by atomic mass is 9.98. The van der Waals surface area contributed by atoms with Gasteiger partial charge in [0.25, 0.3) is 0 Å². The van der Waals surface area contributed by atoms with E-state index in [0.717, 1.165) is 0 Å². The van der Waals surface area contributed by atoms with Crippen molar-refractivity contribution in [1.82, 2.24) is 10.6 Å². The topological polar surface area (TPSA) is 105 Å². The number of aliphatic carboxylic acids is 1. The summed E-state index contributed by atoms with van der Waals surface area (Å²) in [5, 5.41) is 14.2. The van der Waals surface area contributed by atoms with Gasteiger partial charge in [-0.25, -0.2) is 4.79 Å². The minimum absolute atomic E-state index is 0.0259. The number of carbonyl (C=O) groups excluding carboxylic acids is 2. The predicted molar refractivity (Wildman–Crippen MR) is 129 cm³/mol. The van der Waals surface area contributed by atoms with E-state index < -0.39 is 12.1 Å². The number of nitrogens with one attached hydrogen (secondary N) is 2. The molecule has 1 aliphatic carbocycles. The van der Waals surface area contributed by atoms with Gasteiger partial charge in [-0.05, 0) is 34.6 Å². The van der Waals surface area contributed by atoms with E-state index in [1.807, 2.05) is 31.2 Å². The molecule has 2 aromatic rings. The molecule has 0 saturated heterocycles. The second-order valence-corrected chi connectivity index (χ2v) is 9.25. The minimum Gasteiger partial charge on any atom is -0.481 e. The van der Waals surface area contributed by atoms with Crippen molar-refractivity contribution in [2.24, 2.45) is 5.92 Å². The Morgan fingerprint density at radius 3 is 2.30 bits per heavy atom. The normalized spacial score (nSPS) is 13.0. The number of hydrogen-bond donors (Lipinski definition) is 3. The van der Waals surface area contributed by atoms with Crippen LogP contribution < -0.4 is 10.6 Å². The molecule has 0 bridgehead atoms. The molecule has 8 heteroatoms. The van der Waals surface area contributed by atoms with Gasteiger partial charge in [0, 0.05) is 31.2 Å². The Morgan fingerprint density at radius 1 is 1.03 bits per heavy atom. The van der Waals surface area contributed by atoms with Crippen molar-refractivity contribution in [3.63, 3.8) is 0 Å². The third kappa shape index (κ3) is 7.25. The van der Waals surface area contributed by atoms with Crippen LogP contribution in [0.3, 0.4) is 0 Å². The molecule has 0 saturated carbocycles. The largest absolute Gasteiger partial charge is 0.481 e. The first-order valence-electron chi connectivity index (χ1n) is 11.1. The number of amides is 2. The van der Waals surface area contributed by atoms with Crippen molar-refractivity contribution in [2.45, 2.75) is 25.7 Å². The van der Waals surface area contributed by atoms with Gasteiger partial charge in [-0.15, -0.1) is 11.8 Å². The van der Waals surface area contributed by atoms with Gasteiger partial charge >= 0.3 is 12.1 Å². The fourth-order valence-corrected chi connectivity index (χ4v) is 4.46. The number of thioether (sulfide) groups is 1. The van der Waals surface area contributed by atoms with Crippen molar-refractivity contribution in [3.05, 3.63) is 59.7 Å². The molecule has 2 amide bonds. The zero-order valence-electron chi connectivity index (χ0n) is 18.7. The Labute approximate surface area is 198 Å². The number of rotatable bonds is 12. The van der Waals surface area contributed by atoms with E-state index in [9.17, 15) is 14.4 Å². The van der Waals surface area contributed by atoms with E-state index in [1.165, 1.54) is 34.0 Å². The molecule has 3 rings (SSSR count). The van der Waals surface area contributed by atoms with Gasteiger partial charge in [0.15, 0.2) is 0 Å². The van der Waals surface area contributed by atoms with E-state index >= 15 is 0 Å². The van der Waals surface area contributed by atoms with Gasteiger partial charge in [-0.2, -0.15) is 0 Å². The fraction of sp³-hybridized carbons (Fsp3) is 0.400. The van der Waals surface area contributed by atoms with Gasteiger partial charge in [0.2, 0.25) is 5.91 Å². The number of carboxylic acid groups (broad SMARTS) is 1. The van der Waals surface area contributed by atoms with Crippen LogP contribution in [0, 0.1) is 5.92 Å². The summed E-state index contributed by atoms with van der Waals surface area (Å²) < 4.78 is 5.54. The predicted octanol–water partition coefficient (Wildman–Crippen LogP) is 3.88. The highest BCUT2D eigenvalue weighted by Crippen LogP contribution is 2.44. The average molecular weight is 471 g/mol. The maximum Gasteiger partial charge on any atom is 0.407 e. The monoisotopic (exact) mass is 470 g/mol. The van der Waals surface area contributed by atoms with Gasteiger partial charge < -0.3 is 20.5 Å². The summed E-state index contributed by atoms with van der Waals surface area (Å²) in [4.78, 5) is 34.6. The van der Waals surface area contributed by atoms with Crippen LogP contribution in [0.2, 0.25) is 0 Å². The molecule has 0 spiro atoms. The standard InChI is InChI=1S/C25H30N2O5S/c1-17(10-11-23(28)26-12-13-33-16-24(29)30)14-27-25(31)32-15-22-20-8-4-2-6-18(20)19-7-3-5-9-21(19)22/h2-9,17,22H,10-16H2,1H3,(H,26,28)(H,27,31)(H,29,30). The summed E-state index contributed by atoms with van der Waals surface area (Å²) in [6.07, 6.45) is 0.540. The number of fused-ring (bicyclic) bond motifs is 3. The number of benzene rings is 2. The van der Waals surface area contributed by atoms with Crippen molar-refractivity contribution >= 4 is 29.7 Å². The Bertz CT molecular complexity index is 935. The van der Waals surface area contributed by atoms with E-state index in [2.05, 4.69) is 34.9 Å². The van der Waals surface area contributed by atoms with Crippen molar-refractivity contribution in [3.8, 4) is 11.1 Å². The van der Waals surface area contributed by atoms with E-state index in [-0.39, 0.29) is 30.1 Å². The highest BCUT2D eigenvalue weighted by molar-refractivity contribution is 7.99.